The molecule has 1 heteroatoms. The van der Waals surface area contributed by atoms with Crippen LogP contribution in [0.1, 0.15) is 63.0 Å². The Labute approximate surface area is 141 Å². The smallest absolute Gasteiger partial charge is 0.126 e. The van der Waals surface area contributed by atoms with E-state index in [-0.39, 0.29) is 0 Å². The molecule has 0 heterocycles. The van der Waals surface area contributed by atoms with Crippen LogP contribution in [-0.4, -0.2) is 5.11 Å². The highest BCUT2D eigenvalue weighted by Crippen LogP contribution is 2.33. The molecule has 0 aromatic heterocycles. The van der Waals surface area contributed by atoms with Crippen molar-refractivity contribution in [1.29, 1.82) is 0 Å². The van der Waals surface area contributed by atoms with Gasteiger partial charge in [0, 0.05) is 5.56 Å². The number of phenolic OH excluding ortho intramolecular Hbond substituents is 1. The summed E-state index contributed by atoms with van der Waals surface area (Å²) < 4.78 is 0. The lowest BCUT2D eigenvalue weighted by molar-refractivity contribution is 0.473. The summed E-state index contributed by atoms with van der Waals surface area (Å²) in [6.07, 6.45) is 10.4. The number of hydrogen-bond donors (Lipinski definition) is 1. The van der Waals surface area contributed by atoms with Crippen molar-refractivity contribution in [3.63, 3.8) is 0 Å². The Kier molecular flexibility index (Phi) is 7.19. The van der Waals surface area contributed by atoms with Crippen LogP contribution >= 0.6 is 0 Å². The molecule has 0 unspecified atom stereocenters. The van der Waals surface area contributed by atoms with Crippen LogP contribution in [0.3, 0.4) is 0 Å². The van der Waals surface area contributed by atoms with Crippen molar-refractivity contribution in [2.75, 3.05) is 0 Å². The van der Waals surface area contributed by atoms with Crippen molar-refractivity contribution >= 4 is 0 Å². The van der Waals surface area contributed by atoms with Crippen LogP contribution in [0.2, 0.25) is 0 Å². The van der Waals surface area contributed by atoms with Crippen molar-refractivity contribution < 1.29 is 5.11 Å². The summed E-state index contributed by atoms with van der Waals surface area (Å²) in [6, 6.07) is 14.5. The second-order valence-electron chi connectivity index (χ2n) is 6.55. The van der Waals surface area contributed by atoms with E-state index in [2.05, 4.69) is 31.2 Å². The minimum atomic E-state index is 0.416. The van der Waals surface area contributed by atoms with Crippen molar-refractivity contribution in [3.05, 3.63) is 53.6 Å². The highest BCUT2D eigenvalue weighted by atomic mass is 16.3. The van der Waals surface area contributed by atoms with Gasteiger partial charge in [0.25, 0.3) is 0 Å². The maximum Gasteiger partial charge on any atom is 0.126 e. The van der Waals surface area contributed by atoms with E-state index in [0.29, 0.717) is 5.75 Å². The van der Waals surface area contributed by atoms with Gasteiger partial charge in [-0.05, 0) is 42.5 Å². The molecule has 124 valence electrons. The molecule has 0 fully saturated rings. The lowest BCUT2D eigenvalue weighted by Crippen LogP contribution is -1.91. The topological polar surface area (TPSA) is 20.2 Å². The summed E-state index contributed by atoms with van der Waals surface area (Å²) in [7, 11) is 0. The molecule has 0 amide bonds. The number of aromatic hydroxyl groups is 1. The Hall–Kier alpha value is -1.76. The molecule has 0 aliphatic rings. The summed E-state index contributed by atoms with van der Waals surface area (Å²) in [6.45, 7) is 4.26. The fourth-order valence-electron chi connectivity index (χ4n) is 3.12. The Morgan fingerprint density at radius 1 is 0.826 bits per heavy atom. The molecule has 0 aliphatic heterocycles. The average molecular weight is 310 g/mol. The molecule has 23 heavy (non-hydrogen) atoms. The second-order valence-corrected chi connectivity index (χ2v) is 6.55. The van der Waals surface area contributed by atoms with Crippen LogP contribution in [0.5, 0.6) is 5.75 Å². The Balaban J connectivity index is 1.94. The zero-order chi connectivity index (χ0) is 16.5. The molecule has 1 nitrogen and oxygen atoms in total. The van der Waals surface area contributed by atoms with Crippen molar-refractivity contribution in [2.45, 2.75) is 65.2 Å². The first-order valence-electron chi connectivity index (χ1n) is 9.10. The lowest BCUT2D eigenvalue weighted by atomic mass is 9.96. The third kappa shape index (κ3) is 5.42. The molecule has 2 aromatic carbocycles. The SMILES string of the molecule is CCCCCCCCCc1cc(C)c(O)c(-c2ccccc2)c1. The number of benzene rings is 2. The average Bonchev–Trinajstić information content (AvgIpc) is 2.58. The number of aryl methyl sites for hydroxylation is 2. The molecule has 0 saturated carbocycles. The quantitative estimate of drug-likeness (QED) is 0.513. The third-order valence-electron chi connectivity index (χ3n) is 4.51. The molecular formula is C22H30O. The van der Waals surface area contributed by atoms with E-state index in [4.69, 9.17) is 0 Å². The predicted octanol–water partition coefficient (Wildman–Crippen LogP) is 6.66. The van der Waals surface area contributed by atoms with Gasteiger partial charge in [0.1, 0.15) is 5.75 Å². The van der Waals surface area contributed by atoms with E-state index >= 15 is 0 Å². The summed E-state index contributed by atoms with van der Waals surface area (Å²) in [5, 5.41) is 10.4. The number of hydrogen-bond acceptors (Lipinski definition) is 1. The van der Waals surface area contributed by atoms with E-state index in [9.17, 15) is 5.11 Å². The van der Waals surface area contributed by atoms with Gasteiger partial charge < -0.3 is 5.11 Å². The minimum Gasteiger partial charge on any atom is -0.507 e. The normalized spacial score (nSPS) is 10.9. The fourth-order valence-corrected chi connectivity index (χ4v) is 3.12. The minimum absolute atomic E-state index is 0.416. The third-order valence-corrected chi connectivity index (χ3v) is 4.51. The van der Waals surface area contributed by atoms with E-state index in [1.807, 2.05) is 25.1 Å². The monoisotopic (exact) mass is 310 g/mol. The van der Waals surface area contributed by atoms with Gasteiger partial charge in [-0.1, -0.05) is 81.8 Å². The maximum atomic E-state index is 10.4. The predicted molar refractivity (Wildman–Crippen MR) is 100.0 cm³/mol. The van der Waals surface area contributed by atoms with Gasteiger partial charge in [0.05, 0.1) is 0 Å². The van der Waals surface area contributed by atoms with Gasteiger partial charge in [-0.2, -0.15) is 0 Å². The lowest BCUT2D eigenvalue weighted by Gasteiger charge is -2.11. The first kappa shape index (κ1) is 17.6. The first-order valence-corrected chi connectivity index (χ1v) is 9.10. The van der Waals surface area contributed by atoms with Crippen LogP contribution < -0.4 is 0 Å². The molecule has 0 spiro atoms. The Bertz CT molecular complexity index is 586. The van der Waals surface area contributed by atoms with Crippen molar-refractivity contribution in [2.24, 2.45) is 0 Å². The van der Waals surface area contributed by atoms with Gasteiger partial charge in [0.2, 0.25) is 0 Å². The Morgan fingerprint density at radius 2 is 1.48 bits per heavy atom. The highest BCUT2D eigenvalue weighted by Gasteiger charge is 2.09. The van der Waals surface area contributed by atoms with Crippen LogP contribution in [0.25, 0.3) is 11.1 Å². The molecule has 0 radical (unpaired) electrons. The molecule has 2 rings (SSSR count). The van der Waals surface area contributed by atoms with E-state index in [0.717, 1.165) is 23.1 Å². The van der Waals surface area contributed by atoms with Gasteiger partial charge in [-0.3, -0.25) is 0 Å². The molecular weight excluding hydrogens is 280 g/mol. The summed E-state index contributed by atoms with van der Waals surface area (Å²) in [4.78, 5) is 0. The van der Waals surface area contributed by atoms with Crippen molar-refractivity contribution in [3.8, 4) is 16.9 Å². The van der Waals surface area contributed by atoms with E-state index in [1.54, 1.807) is 0 Å². The molecule has 1 N–H and O–H groups in total. The number of rotatable bonds is 9. The van der Waals surface area contributed by atoms with Gasteiger partial charge in [0.15, 0.2) is 0 Å². The van der Waals surface area contributed by atoms with Gasteiger partial charge in [-0.25, -0.2) is 0 Å². The van der Waals surface area contributed by atoms with E-state index in [1.165, 1.54) is 50.5 Å². The second kappa shape index (κ2) is 9.39. The largest absolute Gasteiger partial charge is 0.507 e. The number of phenols is 1. The summed E-state index contributed by atoms with van der Waals surface area (Å²) in [5.74, 6) is 0.416. The van der Waals surface area contributed by atoms with E-state index < -0.39 is 0 Å². The highest BCUT2D eigenvalue weighted by molar-refractivity contribution is 5.72. The summed E-state index contributed by atoms with van der Waals surface area (Å²) >= 11 is 0. The van der Waals surface area contributed by atoms with Crippen LogP contribution in [0.15, 0.2) is 42.5 Å². The van der Waals surface area contributed by atoms with Gasteiger partial charge >= 0.3 is 0 Å². The first-order chi connectivity index (χ1) is 11.2. The molecule has 0 atom stereocenters. The van der Waals surface area contributed by atoms with Crippen LogP contribution in [-0.2, 0) is 6.42 Å². The maximum absolute atomic E-state index is 10.4. The van der Waals surface area contributed by atoms with Crippen LogP contribution in [0.4, 0.5) is 0 Å². The van der Waals surface area contributed by atoms with Crippen LogP contribution in [0, 0.1) is 6.92 Å². The molecule has 0 saturated heterocycles. The summed E-state index contributed by atoms with van der Waals surface area (Å²) in [5.41, 5.74) is 4.37. The molecule has 2 aromatic rings. The van der Waals surface area contributed by atoms with Gasteiger partial charge in [-0.15, -0.1) is 0 Å². The molecule has 0 aliphatic carbocycles. The fraction of sp³-hybridized carbons (Fsp3) is 0.455. The van der Waals surface area contributed by atoms with Crippen molar-refractivity contribution in [1.82, 2.24) is 0 Å². The number of unbranched alkanes of at least 4 members (excludes halogenated alkanes) is 6. The standard InChI is InChI=1S/C22H30O/c1-3-4-5-6-7-8-10-13-19-16-18(2)22(23)21(17-19)20-14-11-9-12-15-20/h9,11-12,14-17,23H,3-8,10,13H2,1-2H3. The Morgan fingerprint density at radius 3 is 2.17 bits per heavy atom. The molecule has 0 bridgehead atoms. The zero-order valence-corrected chi connectivity index (χ0v) is 14.6. The zero-order valence-electron chi connectivity index (χ0n) is 14.6.